The Labute approximate surface area is 131 Å². The summed E-state index contributed by atoms with van der Waals surface area (Å²) in [5, 5.41) is 11.8. The lowest BCUT2D eigenvalue weighted by Crippen LogP contribution is -2.44. The average molecular weight is 307 g/mol. The molecule has 0 saturated carbocycles. The van der Waals surface area contributed by atoms with Gasteiger partial charge in [-0.3, -0.25) is 4.79 Å². The molecule has 1 amide bonds. The van der Waals surface area contributed by atoms with Crippen LogP contribution in [-0.2, 0) is 16.0 Å². The van der Waals surface area contributed by atoms with E-state index in [4.69, 9.17) is 9.84 Å². The topological polar surface area (TPSA) is 75.6 Å². The van der Waals surface area contributed by atoms with Crippen LogP contribution in [0.4, 0.5) is 0 Å². The van der Waals surface area contributed by atoms with Crippen molar-refractivity contribution >= 4 is 11.9 Å². The maximum atomic E-state index is 11.9. The molecule has 1 aromatic carbocycles. The molecule has 0 saturated heterocycles. The molecule has 0 aliphatic carbocycles. The SMILES string of the molecule is CC[C@H](C)[C@H](NC(=O)CCCc1ccc(OC)cc1)C(=O)O. The Hall–Kier alpha value is -2.04. The Bertz CT molecular complexity index is 484. The summed E-state index contributed by atoms with van der Waals surface area (Å²) in [4.78, 5) is 23.0. The Morgan fingerprint density at radius 2 is 1.91 bits per heavy atom. The maximum absolute atomic E-state index is 11.9. The predicted molar refractivity (Wildman–Crippen MR) is 85.0 cm³/mol. The van der Waals surface area contributed by atoms with Gasteiger partial charge in [-0.1, -0.05) is 32.4 Å². The van der Waals surface area contributed by atoms with Gasteiger partial charge in [-0.2, -0.15) is 0 Å². The standard InChI is InChI=1S/C17H25NO4/c1-4-12(2)16(17(20)21)18-15(19)7-5-6-13-8-10-14(22-3)11-9-13/h8-12,16H,4-7H2,1-3H3,(H,18,19)(H,20,21)/t12-,16-/m0/s1. The molecule has 1 aromatic rings. The van der Waals surface area contributed by atoms with Crippen molar-refractivity contribution in [3.8, 4) is 5.75 Å². The smallest absolute Gasteiger partial charge is 0.326 e. The normalized spacial score (nSPS) is 13.2. The van der Waals surface area contributed by atoms with Gasteiger partial charge in [-0.15, -0.1) is 0 Å². The van der Waals surface area contributed by atoms with E-state index in [1.54, 1.807) is 7.11 Å². The number of hydrogen-bond acceptors (Lipinski definition) is 3. The minimum atomic E-state index is -0.974. The van der Waals surface area contributed by atoms with E-state index in [0.717, 1.165) is 17.7 Å². The maximum Gasteiger partial charge on any atom is 0.326 e. The predicted octanol–water partition coefficient (Wildman–Crippen LogP) is 2.63. The van der Waals surface area contributed by atoms with Crippen LogP contribution in [-0.4, -0.2) is 30.1 Å². The van der Waals surface area contributed by atoms with Crippen LogP contribution in [0.1, 0.15) is 38.7 Å². The van der Waals surface area contributed by atoms with Crippen LogP contribution < -0.4 is 10.1 Å². The number of benzene rings is 1. The Morgan fingerprint density at radius 1 is 1.27 bits per heavy atom. The third kappa shape index (κ3) is 5.76. The lowest BCUT2D eigenvalue weighted by Gasteiger charge is -2.20. The third-order valence-electron chi connectivity index (χ3n) is 3.82. The molecule has 0 bridgehead atoms. The zero-order valence-electron chi connectivity index (χ0n) is 13.5. The van der Waals surface area contributed by atoms with E-state index in [1.807, 2.05) is 38.1 Å². The molecule has 2 atom stereocenters. The average Bonchev–Trinajstić information content (AvgIpc) is 2.52. The van der Waals surface area contributed by atoms with E-state index >= 15 is 0 Å². The number of carbonyl (C=O) groups is 2. The number of hydrogen-bond donors (Lipinski definition) is 2. The number of nitrogens with one attached hydrogen (secondary N) is 1. The summed E-state index contributed by atoms with van der Waals surface area (Å²) in [5.41, 5.74) is 1.13. The number of carbonyl (C=O) groups excluding carboxylic acids is 1. The van der Waals surface area contributed by atoms with E-state index in [9.17, 15) is 9.59 Å². The molecule has 0 aromatic heterocycles. The van der Waals surface area contributed by atoms with Crippen LogP contribution in [0.3, 0.4) is 0 Å². The second kappa shape index (κ2) is 9.07. The minimum Gasteiger partial charge on any atom is -0.497 e. The largest absolute Gasteiger partial charge is 0.497 e. The highest BCUT2D eigenvalue weighted by molar-refractivity contribution is 5.83. The van der Waals surface area contributed by atoms with Crippen LogP contribution in [0, 0.1) is 5.92 Å². The molecule has 22 heavy (non-hydrogen) atoms. The van der Waals surface area contributed by atoms with E-state index in [1.165, 1.54) is 0 Å². The van der Waals surface area contributed by atoms with Crippen molar-refractivity contribution in [1.82, 2.24) is 5.32 Å². The quantitative estimate of drug-likeness (QED) is 0.735. The molecule has 0 unspecified atom stereocenters. The van der Waals surface area contributed by atoms with E-state index < -0.39 is 12.0 Å². The molecule has 2 N–H and O–H groups in total. The van der Waals surface area contributed by atoms with Gasteiger partial charge < -0.3 is 15.2 Å². The Balaban J connectivity index is 2.39. The first kappa shape index (κ1) is 18.0. The lowest BCUT2D eigenvalue weighted by molar-refractivity contribution is -0.143. The summed E-state index contributed by atoms with van der Waals surface area (Å²) in [6.45, 7) is 3.74. The van der Waals surface area contributed by atoms with Gasteiger partial charge >= 0.3 is 5.97 Å². The molecule has 0 radical (unpaired) electrons. The van der Waals surface area contributed by atoms with Crippen LogP contribution in [0.2, 0.25) is 0 Å². The molecule has 5 nitrogen and oxygen atoms in total. The molecule has 5 heteroatoms. The highest BCUT2D eigenvalue weighted by atomic mass is 16.5. The first-order valence-electron chi connectivity index (χ1n) is 7.63. The number of amides is 1. The number of carboxylic acid groups (broad SMARTS) is 1. The van der Waals surface area contributed by atoms with Gasteiger partial charge in [-0.25, -0.2) is 4.79 Å². The van der Waals surface area contributed by atoms with Gasteiger partial charge in [0.1, 0.15) is 11.8 Å². The molecule has 1 rings (SSSR count). The van der Waals surface area contributed by atoms with E-state index in [-0.39, 0.29) is 11.8 Å². The first-order chi connectivity index (χ1) is 10.5. The van der Waals surface area contributed by atoms with Crippen LogP contribution in [0.25, 0.3) is 0 Å². The summed E-state index contributed by atoms with van der Waals surface area (Å²) >= 11 is 0. The number of aryl methyl sites for hydroxylation is 1. The zero-order valence-corrected chi connectivity index (χ0v) is 13.5. The van der Waals surface area contributed by atoms with Crippen molar-refractivity contribution in [2.24, 2.45) is 5.92 Å². The van der Waals surface area contributed by atoms with Gasteiger partial charge in [0.15, 0.2) is 0 Å². The van der Waals surface area contributed by atoms with Gasteiger partial charge in [0.05, 0.1) is 7.11 Å². The summed E-state index contributed by atoms with van der Waals surface area (Å²) in [7, 11) is 1.62. The monoisotopic (exact) mass is 307 g/mol. The fraction of sp³-hybridized carbons (Fsp3) is 0.529. The molecular weight excluding hydrogens is 282 g/mol. The van der Waals surface area contributed by atoms with Crippen LogP contribution in [0.5, 0.6) is 5.75 Å². The lowest BCUT2D eigenvalue weighted by atomic mass is 9.99. The number of methoxy groups -OCH3 is 1. The van der Waals surface area contributed by atoms with Gasteiger partial charge in [-0.05, 0) is 36.5 Å². The highest BCUT2D eigenvalue weighted by Gasteiger charge is 2.24. The Kier molecular flexibility index (Phi) is 7.43. The second-order valence-corrected chi connectivity index (χ2v) is 5.47. The minimum absolute atomic E-state index is 0.0805. The van der Waals surface area contributed by atoms with Gasteiger partial charge in [0, 0.05) is 6.42 Å². The van der Waals surface area contributed by atoms with Crippen molar-refractivity contribution in [2.75, 3.05) is 7.11 Å². The second-order valence-electron chi connectivity index (χ2n) is 5.47. The van der Waals surface area contributed by atoms with Gasteiger partial charge in [0.25, 0.3) is 0 Å². The molecule has 0 spiro atoms. The van der Waals surface area contributed by atoms with Gasteiger partial charge in [0.2, 0.25) is 5.91 Å². The summed E-state index contributed by atoms with van der Waals surface area (Å²) in [6.07, 6.45) is 2.50. The summed E-state index contributed by atoms with van der Waals surface area (Å²) in [6, 6.07) is 6.90. The van der Waals surface area contributed by atoms with Crippen molar-refractivity contribution in [2.45, 2.75) is 45.6 Å². The van der Waals surface area contributed by atoms with Crippen LogP contribution >= 0.6 is 0 Å². The molecule has 0 aliphatic heterocycles. The number of rotatable bonds is 9. The molecular formula is C17H25NO4. The molecule has 0 aliphatic rings. The number of ether oxygens (including phenoxy) is 1. The number of carboxylic acids is 1. The fourth-order valence-corrected chi connectivity index (χ4v) is 2.17. The first-order valence-corrected chi connectivity index (χ1v) is 7.63. The summed E-state index contributed by atoms with van der Waals surface area (Å²) in [5.74, 6) is -0.457. The molecule has 0 fully saturated rings. The van der Waals surface area contributed by atoms with Crippen LogP contribution in [0.15, 0.2) is 24.3 Å². The Morgan fingerprint density at radius 3 is 2.41 bits per heavy atom. The molecule has 122 valence electrons. The van der Waals surface area contributed by atoms with Crippen molar-refractivity contribution in [1.29, 1.82) is 0 Å². The van der Waals surface area contributed by atoms with E-state index in [2.05, 4.69) is 5.32 Å². The number of aliphatic carboxylic acids is 1. The van der Waals surface area contributed by atoms with E-state index in [0.29, 0.717) is 19.3 Å². The third-order valence-corrected chi connectivity index (χ3v) is 3.82. The van der Waals surface area contributed by atoms with Crippen molar-refractivity contribution in [3.63, 3.8) is 0 Å². The summed E-state index contributed by atoms with van der Waals surface area (Å²) < 4.78 is 5.09. The van der Waals surface area contributed by atoms with Crippen molar-refractivity contribution < 1.29 is 19.4 Å². The fourth-order valence-electron chi connectivity index (χ4n) is 2.17. The zero-order chi connectivity index (χ0) is 16.5. The highest BCUT2D eigenvalue weighted by Crippen LogP contribution is 2.13. The molecule has 0 heterocycles. The van der Waals surface area contributed by atoms with Crippen molar-refractivity contribution in [3.05, 3.63) is 29.8 Å².